The van der Waals surface area contributed by atoms with E-state index in [0.717, 1.165) is 42.4 Å². The molecule has 1 heterocycles. The molecule has 4 rings (SSSR count). The third-order valence-electron chi connectivity index (χ3n) is 5.61. The maximum Gasteiger partial charge on any atom is 0.416 e. The average Bonchev–Trinajstić information content (AvgIpc) is 3.26. The molecule has 2 aliphatic rings. The van der Waals surface area contributed by atoms with Gasteiger partial charge in [0.25, 0.3) is 0 Å². The summed E-state index contributed by atoms with van der Waals surface area (Å²) in [4.78, 5) is 0. The van der Waals surface area contributed by atoms with Gasteiger partial charge < -0.3 is 5.32 Å². The topological polar surface area (TPSA) is 29.9 Å². The molecule has 0 spiro atoms. The van der Waals surface area contributed by atoms with Crippen molar-refractivity contribution in [3.63, 3.8) is 0 Å². The quantitative estimate of drug-likeness (QED) is 0.752. The summed E-state index contributed by atoms with van der Waals surface area (Å²) in [6.07, 6.45) is 3.83. The molecule has 0 radical (unpaired) electrons. The molecule has 0 unspecified atom stereocenters. The molecule has 6 heteroatoms. The summed E-state index contributed by atoms with van der Waals surface area (Å²) in [7, 11) is 0. The molecule has 27 heavy (non-hydrogen) atoms. The lowest BCUT2D eigenvalue weighted by atomic mass is 9.96. The molecule has 0 saturated heterocycles. The first-order chi connectivity index (χ1) is 12.8. The Kier molecular flexibility index (Phi) is 4.62. The first-order valence-electron chi connectivity index (χ1n) is 9.48. The molecule has 1 fully saturated rings. The Hall–Kier alpha value is -2.08. The van der Waals surface area contributed by atoms with Crippen LogP contribution in [-0.4, -0.2) is 22.4 Å². The zero-order valence-corrected chi connectivity index (χ0v) is 15.6. The third-order valence-corrected chi connectivity index (χ3v) is 5.61. The molecule has 3 nitrogen and oxygen atoms in total. The molecule has 1 saturated carbocycles. The zero-order valence-electron chi connectivity index (χ0n) is 15.6. The molecule has 2 aromatic rings. The summed E-state index contributed by atoms with van der Waals surface area (Å²) in [5, 5.41) is 8.23. The number of allylic oxidation sites excluding steroid dienone is 1. The summed E-state index contributed by atoms with van der Waals surface area (Å²) < 4.78 is 40.1. The van der Waals surface area contributed by atoms with Crippen LogP contribution in [0, 0.1) is 19.8 Å². The summed E-state index contributed by atoms with van der Waals surface area (Å²) in [5.74, 6) is 1.15. The van der Waals surface area contributed by atoms with E-state index in [2.05, 4.69) is 22.6 Å². The van der Waals surface area contributed by atoms with Crippen molar-refractivity contribution in [2.24, 2.45) is 5.92 Å². The Bertz CT molecular complexity index is 845. The summed E-state index contributed by atoms with van der Waals surface area (Å²) >= 11 is 0. The van der Waals surface area contributed by atoms with Crippen molar-refractivity contribution in [1.29, 1.82) is 0 Å². The lowest BCUT2D eigenvalue weighted by molar-refractivity contribution is -0.137. The van der Waals surface area contributed by atoms with Crippen LogP contribution in [0.3, 0.4) is 0 Å². The second-order valence-electron chi connectivity index (χ2n) is 7.73. The molecule has 0 bridgehead atoms. The monoisotopic (exact) mass is 375 g/mol. The SMILES string of the molecule is Cc1nn(-c2ccc(C(F)(F)F)cc2)c(C)c1[C@H]1C=C[C@@H](NCC2CC2)C1. The standard InChI is InChI=1S/C21H24F3N3/c1-13-20(16-5-8-18(11-16)25-12-15-3-4-15)14(2)27(26-13)19-9-6-17(7-10-19)21(22,23)24/h5-10,15-16,18,25H,3-4,11-12H2,1-2H3/t16-,18+/m0/s1. The van der Waals surface area contributed by atoms with Crippen molar-refractivity contribution in [2.45, 2.75) is 51.2 Å². The number of rotatable bonds is 5. The average molecular weight is 375 g/mol. The van der Waals surface area contributed by atoms with Crippen LogP contribution in [-0.2, 0) is 6.18 Å². The fraction of sp³-hybridized carbons (Fsp3) is 0.476. The molecule has 2 aliphatic carbocycles. The van der Waals surface area contributed by atoms with Gasteiger partial charge in [-0.1, -0.05) is 12.2 Å². The third kappa shape index (κ3) is 3.81. The fourth-order valence-corrected chi connectivity index (χ4v) is 3.94. The van der Waals surface area contributed by atoms with E-state index >= 15 is 0 Å². The number of halogens is 3. The van der Waals surface area contributed by atoms with E-state index < -0.39 is 11.7 Å². The van der Waals surface area contributed by atoms with Crippen molar-refractivity contribution in [1.82, 2.24) is 15.1 Å². The molecule has 2 atom stereocenters. The minimum absolute atomic E-state index is 0.296. The van der Waals surface area contributed by atoms with Crippen molar-refractivity contribution in [3.05, 3.63) is 58.9 Å². The van der Waals surface area contributed by atoms with E-state index in [1.807, 2.05) is 13.8 Å². The van der Waals surface area contributed by atoms with Gasteiger partial charge in [0.1, 0.15) is 0 Å². The first-order valence-corrected chi connectivity index (χ1v) is 9.48. The van der Waals surface area contributed by atoms with Gasteiger partial charge in [-0.05, 0) is 69.8 Å². The number of hydrogen-bond acceptors (Lipinski definition) is 2. The van der Waals surface area contributed by atoms with Gasteiger partial charge in [0, 0.05) is 23.2 Å². The van der Waals surface area contributed by atoms with E-state index in [4.69, 9.17) is 0 Å². The summed E-state index contributed by atoms with van der Waals surface area (Å²) in [6.45, 7) is 5.05. The van der Waals surface area contributed by atoms with Gasteiger partial charge in [0.05, 0.1) is 16.9 Å². The van der Waals surface area contributed by atoms with Gasteiger partial charge in [-0.25, -0.2) is 4.68 Å². The van der Waals surface area contributed by atoms with E-state index in [1.165, 1.54) is 30.5 Å². The minimum Gasteiger partial charge on any atom is -0.310 e. The lowest BCUT2D eigenvalue weighted by Crippen LogP contribution is -2.28. The van der Waals surface area contributed by atoms with Crippen molar-refractivity contribution < 1.29 is 13.2 Å². The molecular weight excluding hydrogens is 351 g/mol. The largest absolute Gasteiger partial charge is 0.416 e. The Labute approximate surface area is 157 Å². The number of nitrogens with one attached hydrogen (secondary N) is 1. The Morgan fingerprint density at radius 1 is 1.11 bits per heavy atom. The Morgan fingerprint density at radius 2 is 1.81 bits per heavy atom. The minimum atomic E-state index is -4.32. The van der Waals surface area contributed by atoms with Crippen LogP contribution in [0.25, 0.3) is 5.69 Å². The first kappa shape index (κ1) is 18.3. The van der Waals surface area contributed by atoms with Crippen LogP contribution >= 0.6 is 0 Å². The Morgan fingerprint density at radius 3 is 2.44 bits per heavy atom. The van der Waals surface area contributed by atoms with Crippen LogP contribution < -0.4 is 5.32 Å². The molecule has 0 amide bonds. The number of hydrogen-bond donors (Lipinski definition) is 1. The molecule has 144 valence electrons. The van der Waals surface area contributed by atoms with Crippen molar-refractivity contribution in [2.75, 3.05) is 6.54 Å². The van der Waals surface area contributed by atoms with Gasteiger partial charge in [0.15, 0.2) is 0 Å². The summed E-state index contributed by atoms with van der Waals surface area (Å²) in [6, 6.07) is 5.58. The highest BCUT2D eigenvalue weighted by Gasteiger charge is 2.31. The van der Waals surface area contributed by atoms with E-state index in [9.17, 15) is 13.2 Å². The predicted molar refractivity (Wildman–Crippen MR) is 99.1 cm³/mol. The van der Waals surface area contributed by atoms with Crippen molar-refractivity contribution in [3.8, 4) is 5.69 Å². The number of alkyl halides is 3. The van der Waals surface area contributed by atoms with Gasteiger partial charge in [-0.3, -0.25) is 0 Å². The molecule has 1 aromatic carbocycles. The summed E-state index contributed by atoms with van der Waals surface area (Å²) in [5.41, 5.74) is 3.12. The van der Waals surface area contributed by atoms with Gasteiger partial charge in [0.2, 0.25) is 0 Å². The van der Waals surface area contributed by atoms with Crippen LogP contribution in [0.5, 0.6) is 0 Å². The van der Waals surface area contributed by atoms with Crippen LogP contribution in [0.4, 0.5) is 13.2 Å². The molecular formula is C21H24F3N3. The lowest BCUT2D eigenvalue weighted by Gasteiger charge is -2.14. The predicted octanol–water partition coefficient (Wildman–Crippen LogP) is 4.92. The maximum atomic E-state index is 12.8. The van der Waals surface area contributed by atoms with Gasteiger partial charge in [-0.2, -0.15) is 18.3 Å². The van der Waals surface area contributed by atoms with E-state index in [0.29, 0.717) is 17.6 Å². The second-order valence-corrected chi connectivity index (χ2v) is 7.73. The number of benzene rings is 1. The zero-order chi connectivity index (χ0) is 19.2. The number of aryl methyl sites for hydroxylation is 1. The highest BCUT2D eigenvalue weighted by atomic mass is 19.4. The van der Waals surface area contributed by atoms with E-state index in [-0.39, 0.29) is 0 Å². The number of nitrogens with zero attached hydrogens (tertiary/aromatic N) is 2. The number of aromatic nitrogens is 2. The van der Waals surface area contributed by atoms with Crippen LogP contribution in [0.1, 0.15) is 47.7 Å². The molecule has 1 N–H and O–H groups in total. The second kappa shape index (κ2) is 6.82. The van der Waals surface area contributed by atoms with Gasteiger partial charge >= 0.3 is 6.18 Å². The Balaban J connectivity index is 1.53. The highest BCUT2D eigenvalue weighted by Crippen LogP contribution is 2.35. The fourth-order valence-electron chi connectivity index (χ4n) is 3.94. The molecule has 1 aromatic heterocycles. The van der Waals surface area contributed by atoms with Crippen molar-refractivity contribution >= 4 is 0 Å². The van der Waals surface area contributed by atoms with Crippen LogP contribution in [0.2, 0.25) is 0 Å². The highest BCUT2D eigenvalue weighted by molar-refractivity contribution is 5.42. The molecule has 0 aliphatic heterocycles. The van der Waals surface area contributed by atoms with E-state index in [1.54, 1.807) is 4.68 Å². The van der Waals surface area contributed by atoms with Gasteiger partial charge in [-0.15, -0.1) is 0 Å². The maximum absolute atomic E-state index is 12.8. The van der Waals surface area contributed by atoms with Crippen LogP contribution in [0.15, 0.2) is 36.4 Å². The smallest absolute Gasteiger partial charge is 0.310 e. The normalized spacial score (nSPS) is 22.6.